The fraction of sp³-hybridized carbons (Fsp3) is 0.0526. The number of pyridine rings is 1. The van der Waals surface area contributed by atoms with Crippen LogP contribution in [0.25, 0.3) is 4.96 Å². The summed E-state index contributed by atoms with van der Waals surface area (Å²) in [5, 5.41) is 4.71. The van der Waals surface area contributed by atoms with Gasteiger partial charge in [0, 0.05) is 30.2 Å². The molecular formula is C19H14N4O2S. The molecule has 0 spiro atoms. The summed E-state index contributed by atoms with van der Waals surface area (Å²) >= 11 is 1.34. The zero-order valence-electron chi connectivity index (χ0n) is 13.6. The van der Waals surface area contributed by atoms with Crippen LogP contribution >= 0.6 is 11.3 Å². The Labute approximate surface area is 152 Å². The Kier molecular flexibility index (Phi) is 4.28. The van der Waals surface area contributed by atoms with E-state index < -0.39 is 11.9 Å². The second-order valence-corrected chi connectivity index (χ2v) is 6.50. The summed E-state index contributed by atoms with van der Waals surface area (Å²) in [6.45, 7) is 0. The van der Waals surface area contributed by atoms with E-state index in [-0.39, 0.29) is 11.1 Å². The van der Waals surface area contributed by atoms with Crippen LogP contribution in [0.4, 0.5) is 0 Å². The molecule has 3 aromatic heterocycles. The number of benzene rings is 1. The predicted octanol–water partition coefficient (Wildman–Crippen LogP) is 2.67. The van der Waals surface area contributed by atoms with E-state index >= 15 is 0 Å². The summed E-state index contributed by atoms with van der Waals surface area (Å²) in [6, 6.07) is 12.9. The van der Waals surface area contributed by atoms with E-state index in [9.17, 15) is 9.59 Å². The van der Waals surface area contributed by atoms with Gasteiger partial charge in [-0.3, -0.25) is 19.0 Å². The van der Waals surface area contributed by atoms with Gasteiger partial charge in [0.15, 0.2) is 4.96 Å². The topological polar surface area (TPSA) is 76.4 Å². The van der Waals surface area contributed by atoms with E-state index in [1.54, 1.807) is 24.0 Å². The summed E-state index contributed by atoms with van der Waals surface area (Å²) < 4.78 is 1.38. The maximum absolute atomic E-state index is 12.8. The molecule has 0 aliphatic carbocycles. The first kappa shape index (κ1) is 16.2. The minimum absolute atomic E-state index is 0.0101. The number of carbonyl (C=O) groups is 1. The van der Waals surface area contributed by atoms with Crippen molar-refractivity contribution < 1.29 is 4.79 Å². The molecule has 0 saturated heterocycles. The molecule has 0 bridgehead atoms. The minimum atomic E-state index is -0.464. The van der Waals surface area contributed by atoms with Gasteiger partial charge in [0.1, 0.15) is 5.56 Å². The highest BCUT2D eigenvalue weighted by molar-refractivity contribution is 7.15. The summed E-state index contributed by atoms with van der Waals surface area (Å²) in [4.78, 5) is 34.1. The van der Waals surface area contributed by atoms with Crippen molar-refractivity contribution in [2.45, 2.75) is 6.04 Å². The van der Waals surface area contributed by atoms with Gasteiger partial charge in [0.05, 0.1) is 6.04 Å². The number of amides is 1. The number of hydrogen-bond acceptors (Lipinski definition) is 5. The first-order valence-corrected chi connectivity index (χ1v) is 8.82. The number of nitrogens with one attached hydrogen (secondary N) is 1. The van der Waals surface area contributed by atoms with Crippen molar-refractivity contribution in [3.8, 4) is 0 Å². The third-order valence-corrected chi connectivity index (χ3v) is 4.81. The van der Waals surface area contributed by atoms with E-state index in [0.29, 0.717) is 4.96 Å². The number of hydrogen-bond donors (Lipinski definition) is 1. The largest absolute Gasteiger partial charge is 0.341 e. The van der Waals surface area contributed by atoms with Gasteiger partial charge in [-0.05, 0) is 23.3 Å². The highest BCUT2D eigenvalue weighted by atomic mass is 32.1. The lowest BCUT2D eigenvalue weighted by Gasteiger charge is -2.19. The third kappa shape index (κ3) is 3.00. The number of thiazole rings is 1. The van der Waals surface area contributed by atoms with Crippen LogP contribution in [0.1, 0.15) is 27.5 Å². The Morgan fingerprint density at radius 2 is 1.81 bits per heavy atom. The Hall–Kier alpha value is -3.32. The number of fused-ring (bicyclic) bond motifs is 1. The van der Waals surface area contributed by atoms with Crippen molar-refractivity contribution in [1.82, 2.24) is 19.7 Å². The SMILES string of the molecule is O=C(NC(c1ccccc1)c1ccncc1)c1cnc2sccn2c1=O. The Balaban J connectivity index is 1.72. The molecule has 4 aromatic rings. The van der Waals surface area contributed by atoms with Gasteiger partial charge in [-0.25, -0.2) is 4.98 Å². The van der Waals surface area contributed by atoms with Crippen LogP contribution in [0.15, 0.2) is 77.4 Å². The van der Waals surface area contributed by atoms with Crippen LogP contribution in [-0.4, -0.2) is 20.3 Å². The van der Waals surface area contributed by atoms with E-state index in [1.807, 2.05) is 42.5 Å². The van der Waals surface area contributed by atoms with Gasteiger partial charge in [0.25, 0.3) is 11.5 Å². The Morgan fingerprint density at radius 1 is 1.08 bits per heavy atom. The Morgan fingerprint density at radius 3 is 2.58 bits per heavy atom. The number of aromatic nitrogens is 3. The molecule has 6 nitrogen and oxygen atoms in total. The molecule has 1 aromatic carbocycles. The van der Waals surface area contributed by atoms with Crippen molar-refractivity contribution in [2.24, 2.45) is 0 Å². The summed E-state index contributed by atoms with van der Waals surface area (Å²) in [7, 11) is 0. The van der Waals surface area contributed by atoms with Gasteiger partial charge >= 0.3 is 0 Å². The number of carbonyl (C=O) groups excluding carboxylic acids is 1. The second-order valence-electron chi connectivity index (χ2n) is 5.63. The maximum Gasteiger partial charge on any atom is 0.271 e. The molecule has 0 aliphatic heterocycles. The summed E-state index contributed by atoms with van der Waals surface area (Å²) in [6.07, 6.45) is 6.29. The molecule has 7 heteroatoms. The van der Waals surface area contributed by atoms with Crippen molar-refractivity contribution in [1.29, 1.82) is 0 Å². The molecule has 1 atom stereocenters. The van der Waals surface area contributed by atoms with Crippen molar-refractivity contribution >= 4 is 22.2 Å². The molecular weight excluding hydrogens is 348 g/mol. The average Bonchev–Trinajstić information content (AvgIpc) is 3.17. The monoisotopic (exact) mass is 362 g/mol. The fourth-order valence-corrected chi connectivity index (χ4v) is 3.42. The molecule has 3 heterocycles. The lowest BCUT2D eigenvalue weighted by atomic mass is 9.99. The molecule has 1 N–H and O–H groups in total. The number of rotatable bonds is 4. The molecule has 0 radical (unpaired) electrons. The van der Waals surface area contributed by atoms with Crippen molar-refractivity contribution in [2.75, 3.05) is 0 Å². The van der Waals surface area contributed by atoms with Gasteiger partial charge < -0.3 is 5.32 Å². The van der Waals surface area contributed by atoms with Crippen LogP contribution in [0.5, 0.6) is 0 Å². The van der Waals surface area contributed by atoms with Crippen LogP contribution in [-0.2, 0) is 0 Å². The summed E-state index contributed by atoms with van der Waals surface area (Å²) in [5.41, 5.74) is 1.42. The van der Waals surface area contributed by atoms with Crippen LogP contribution < -0.4 is 10.9 Å². The van der Waals surface area contributed by atoms with Gasteiger partial charge in [-0.1, -0.05) is 30.3 Å². The highest BCUT2D eigenvalue weighted by Gasteiger charge is 2.20. The standard InChI is InChI=1S/C19H14N4O2S/c24-17(15-12-21-19-23(18(15)25)10-11-26-19)22-16(13-4-2-1-3-5-13)14-6-8-20-9-7-14/h1-12,16H,(H,22,24). The number of nitrogens with zero attached hydrogens (tertiary/aromatic N) is 3. The normalized spacial score (nSPS) is 12.0. The van der Waals surface area contributed by atoms with Crippen LogP contribution in [0, 0.1) is 0 Å². The van der Waals surface area contributed by atoms with Crippen molar-refractivity contribution in [3.05, 3.63) is 99.7 Å². The minimum Gasteiger partial charge on any atom is -0.341 e. The third-order valence-electron chi connectivity index (χ3n) is 4.04. The van der Waals surface area contributed by atoms with Gasteiger partial charge in [-0.2, -0.15) is 0 Å². The molecule has 1 amide bonds. The Bertz CT molecular complexity index is 1070. The smallest absolute Gasteiger partial charge is 0.271 e. The van der Waals surface area contributed by atoms with E-state index in [2.05, 4.69) is 15.3 Å². The molecule has 0 saturated carbocycles. The second kappa shape index (κ2) is 6.89. The average molecular weight is 362 g/mol. The maximum atomic E-state index is 12.8. The van der Waals surface area contributed by atoms with Crippen LogP contribution in [0.2, 0.25) is 0 Å². The molecule has 0 fully saturated rings. The zero-order chi connectivity index (χ0) is 17.9. The highest BCUT2D eigenvalue weighted by Crippen LogP contribution is 2.21. The van der Waals surface area contributed by atoms with E-state index in [0.717, 1.165) is 11.1 Å². The molecule has 4 rings (SSSR count). The first-order chi connectivity index (χ1) is 12.7. The predicted molar refractivity (Wildman–Crippen MR) is 99.3 cm³/mol. The van der Waals surface area contributed by atoms with E-state index in [1.165, 1.54) is 21.9 Å². The van der Waals surface area contributed by atoms with Gasteiger partial charge in [-0.15, -0.1) is 11.3 Å². The molecule has 0 aliphatic rings. The fourth-order valence-electron chi connectivity index (χ4n) is 2.75. The lowest BCUT2D eigenvalue weighted by molar-refractivity contribution is 0.0941. The van der Waals surface area contributed by atoms with Crippen molar-refractivity contribution in [3.63, 3.8) is 0 Å². The summed E-state index contributed by atoms with van der Waals surface area (Å²) in [5.74, 6) is -0.464. The lowest BCUT2D eigenvalue weighted by Crippen LogP contribution is -2.34. The zero-order valence-corrected chi connectivity index (χ0v) is 14.4. The first-order valence-electron chi connectivity index (χ1n) is 7.94. The molecule has 1 unspecified atom stereocenters. The molecule has 26 heavy (non-hydrogen) atoms. The van der Waals surface area contributed by atoms with Gasteiger partial charge in [0.2, 0.25) is 0 Å². The van der Waals surface area contributed by atoms with E-state index in [4.69, 9.17) is 0 Å². The quantitative estimate of drug-likeness (QED) is 0.606. The molecule has 128 valence electrons. The van der Waals surface area contributed by atoms with Crippen LogP contribution in [0.3, 0.4) is 0 Å².